The lowest BCUT2D eigenvalue weighted by molar-refractivity contribution is 0.488. The van der Waals surface area contributed by atoms with Gasteiger partial charge in [0.05, 0.1) is 0 Å². The Labute approximate surface area is 104 Å². The number of sulfonamides is 2. The molecule has 0 unspecified atom stereocenters. The molecule has 1 aromatic carbocycles. The van der Waals surface area contributed by atoms with Crippen molar-refractivity contribution >= 4 is 26.1 Å². The van der Waals surface area contributed by atoms with E-state index < -0.39 is 24.9 Å². The Hall–Kier alpha value is -1.54. The third-order valence-electron chi connectivity index (χ3n) is 2.56. The highest BCUT2D eigenvalue weighted by Crippen LogP contribution is 2.34. The van der Waals surface area contributed by atoms with Crippen molar-refractivity contribution in [2.24, 2.45) is 4.40 Å². The van der Waals surface area contributed by atoms with E-state index in [-0.39, 0.29) is 11.4 Å². The first-order valence-electron chi connectivity index (χ1n) is 4.73. The molecule has 1 heterocycles. The first kappa shape index (κ1) is 12.9. The van der Waals surface area contributed by atoms with Crippen LogP contribution in [0.15, 0.2) is 32.4 Å². The van der Waals surface area contributed by atoms with Crippen LogP contribution in [0.5, 0.6) is 0 Å². The van der Waals surface area contributed by atoms with Crippen LogP contribution in [0.4, 0.5) is 0 Å². The molecule has 0 N–H and O–H groups in total. The molecule has 96 valence electrons. The van der Waals surface area contributed by atoms with Crippen molar-refractivity contribution in [3.8, 4) is 0 Å². The van der Waals surface area contributed by atoms with Crippen molar-refractivity contribution in [3.63, 3.8) is 0 Å². The van der Waals surface area contributed by atoms with E-state index in [0.29, 0.717) is 5.56 Å². The summed E-state index contributed by atoms with van der Waals surface area (Å²) in [5.41, 5.74) is 0.361. The Balaban J connectivity index is 2.85. The van der Waals surface area contributed by atoms with Gasteiger partial charge in [0.2, 0.25) is 10.0 Å². The topological polar surface area (TPSA) is 101 Å². The van der Waals surface area contributed by atoms with E-state index in [0.717, 1.165) is 16.5 Å². The van der Waals surface area contributed by atoms with Gasteiger partial charge in [-0.25, -0.2) is 13.2 Å². The van der Waals surface area contributed by atoms with Crippen LogP contribution in [0.1, 0.15) is 5.56 Å². The van der Waals surface area contributed by atoms with Gasteiger partial charge in [0.25, 0.3) is 16.1 Å². The molecule has 0 aliphatic carbocycles. The molecule has 1 aliphatic heterocycles. The summed E-state index contributed by atoms with van der Waals surface area (Å²) >= 11 is 0. The third kappa shape index (κ3) is 1.77. The lowest BCUT2D eigenvalue weighted by atomic mass is 10.2. The lowest BCUT2D eigenvalue weighted by Crippen LogP contribution is -2.19. The molecule has 1 aliphatic rings. The van der Waals surface area contributed by atoms with E-state index in [1.165, 1.54) is 19.2 Å². The summed E-state index contributed by atoms with van der Waals surface area (Å²) in [6.45, 7) is 0.0891. The zero-order chi connectivity index (χ0) is 13.6. The highest BCUT2D eigenvalue weighted by atomic mass is 32.2. The molecule has 0 atom stereocenters. The molecule has 9 heteroatoms. The maximum atomic E-state index is 12.0. The molecular weight excluding hydrogens is 280 g/mol. The van der Waals surface area contributed by atoms with Crippen LogP contribution < -0.4 is 0 Å². The van der Waals surface area contributed by atoms with Gasteiger partial charge in [0.15, 0.2) is 0 Å². The van der Waals surface area contributed by atoms with E-state index in [9.17, 15) is 21.6 Å². The molecule has 0 bridgehead atoms. The van der Waals surface area contributed by atoms with E-state index in [1.807, 2.05) is 0 Å². The van der Waals surface area contributed by atoms with Gasteiger partial charge in [-0.3, -0.25) is 0 Å². The molecule has 0 saturated carbocycles. The fourth-order valence-electron chi connectivity index (χ4n) is 1.76. The Morgan fingerprint density at radius 3 is 2.67 bits per heavy atom. The summed E-state index contributed by atoms with van der Waals surface area (Å²) < 4.78 is 51.0. The number of rotatable bonds is 2. The summed E-state index contributed by atoms with van der Waals surface area (Å²) in [6, 6.07) is 4.02. The highest BCUT2D eigenvalue weighted by molar-refractivity contribution is 7.93. The van der Waals surface area contributed by atoms with Gasteiger partial charge in [0.1, 0.15) is 9.79 Å². The van der Waals surface area contributed by atoms with E-state index in [4.69, 9.17) is 0 Å². The summed E-state index contributed by atoms with van der Waals surface area (Å²) in [4.78, 5) is 9.28. The van der Waals surface area contributed by atoms with Crippen molar-refractivity contribution in [1.29, 1.82) is 0 Å². The van der Waals surface area contributed by atoms with Crippen LogP contribution in [-0.4, -0.2) is 34.3 Å². The average molecular weight is 288 g/mol. The molecule has 0 amide bonds. The summed E-state index contributed by atoms with van der Waals surface area (Å²) in [5.74, 6) is 0. The zero-order valence-corrected chi connectivity index (χ0v) is 10.8. The fourth-order valence-corrected chi connectivity index (χ4v) is 4.61. The Morgan fingerprint density at radius 1 is 1.39 bits per heavy atom. The molecule has 18 heavy (non-hydrogen) atoms. The predicted molar refractivity (Wildman–Crippen MR) is 60.4 cm³/mol. The van der Waals surface area contributed by atoms with Crippen LogP contribution in [0.2, 0.25) is 0 Å². The maximum Gasteiger partial charge on any atom is 0.294 e. The van der Waals surface area contributed by atoms with Gasteiger partial charge in [-0.15, -0.1) is 0 Å². The molecule has 0 fully saturated rings. The lowest BCUT2D eigenvalue weighted by Gasteiger charge is -2.07. The number of hydrogen-bond donors (Lipinski definition) is 0. The number of carbonyl (C=O) groups excluding carboxylic acids is 1. The van der Waals surface area contributed by atoms with Gasteiger partial charge < -0.3 is 0 Å². The average Bonchev–Trinajstić information content (AvgIpc) is 2.50. The predicted octanol–water partition coefficient (Wildman–Crippen LogP) is -0.155. The van der Waals surface area contributed by atoms with Gasteiger partial charge in [0, 0.05) is 13.6 Å². The molecule has 7 nitrogen and oxygen atoms in total. The third-order valence-corrected chi connectivity index (χ3v) is 5.84. The monoisotopic (exact) mass is 288 g/mol. The van der Waals surface area contributed by atoms with Crippen LogP contribution in [0, 0.1) is 0 Å². The molecule has 0 aromatic heterocycles. The van der Waals surface area contributed by atoms with Crippen LogP contribution in [0.3, 0.4) is 0 Å². The smallest absolute Gasteiger partial charge is 0.210 e. The summed E-state index contributed by atoms with van der Waals surface area (Å²) in [6.07, 6.45) is 0.915. The fraction of sp³-hybridized carbons (Fsp3) is 0.222. The van der Waals surface area contributed by atoms with Gasteiger partial charge in [-0.1, -0.05) is 16.5 Å². The number of hydrogen-bond acceptors (Lipinski definition) is 5. The molecule has 2 rings (SSSR count). The number of nitrogens with zero attached hydrogens (tertiary/aromatic N) is 2. The van der Waals surface area contributed by atoms with Gasteiger partial charge in [-0.05, 0) is 11.6 Å². The quantitative estimate of drug-likeness (QED) is 0.556. The Morgan fingerprint density at radius 2 is 2.06 bits per heavy atom. The van der Waals surface area contributed by atoms with E-state index in [1.54, 1.807) is 0 Å². The van der Waals surface area contributed by atoms with Crippen LogP contribution in [0.25, 0.3) is 0 Å². The molecule has 0 saturated heterocycles. The van der Waals surface area contributed by atoms with E-state index in [2.05, 4.69) is 4.40 Å². The SMILES string of the molecule is CN1Cc2cccc(S(=O)(=O)N=C=O)c2S1(=O)=O. The first-order chi connectivity index (χ1) is 8.30. The zero-order valence-electron chi connectivity index (χ0n) is 9.19. The molecular formula is C9H8N2O5S2. The largest absolute Gasteiger partial charge is 0.294 e. The number of benzene rings is 1. The summed E-state index contributed by atoms with van der Waals surface area (Å²) in [5, 5.41) is 0. The second-order valence-corrected chi connectivity index (χ2v) is 7.22. The van der Waals surface area contributed by atoms with Crippen molar-refractivity contribution in [2.45, 2.75) is 16.3 Å². The molecule has 0 spiro atoms. The second-order valence-electron chi connectivity index (χ2n) is 3.66. The minimum atomic E-state index is -4.33. The minimum Gasteiger partial charge on any atom is -0.210 e. The number of fused-ring (bicyclic) bond motifs is 1. The van der Waals surface area contributed by atoms with Crippen molar-refractivity contribution in [1.82, 2.24) is 4.31 Å². The Bertz CT molecular complexity index is 760. The van der Waals surface area contributed by atoms with Crippen molar-refractivity contribution < 1.29 is 21.6 Å². The standard InChI is InChI=1S/C9H8N2O5S2/c1-11-5-7-3-2-4-8(9(7)18(11,15)16)17(13,14)10-6-12/h2-4H,5H2,1H3. The highest BCUT2D eigenvalue weighted by Gasteiger charge is 2.37. The van der Waals surface area contributed by atoms with Crippen LogP contribution >= 0.6 is 0 Å². The molecule has 1 aromatic rings. The van der Waals surface area contributed by atoms with E-state index >= 15 is 0 Å². The van der Waals surface area contributed by atoms with Crippen molar-refractivity contribution in [2.75, 3.05) is 7.05 Å². The van der Waals surface area contributed by atoms with Gasteiger partial charge >= 0.3 is 0 Å². The van der Waals surface area contributed by atoms with Crippen LogP contribution in [-0.2, 0) is 31.4 Å². The first-order valence-corrected chi connectivity index (χ1v) is 7.61. The normalized spacial score (nSPS) is 18.1. The van der Waals surface area contributed by atoms with Gasteiger partial charge in [-0.2, -0.15) is 12.7 Å². The van der Waals surface area contributed by atoms with Crippen molar-refractivity contribution in [3.05, 3.63) is 23.8 Å². The Kier molecular flexibility index (Phi) is 2.86. The maximum absolute atomic E-state index is 12.0. The second kappa shape index (κ2) is 3.99. The minimum absolute atomic E-state index is 0.0891. The number of isocyanates is 1. The summed E-state index contributed by atoms with van der Waals surface area (Å²) in [7, 11) is -6.84. The molecule has 0 radical (unpaired) electrons.